The van der Waals surface area contributed by atoms with Crippen molar-refractivity contribution in [3.8, 4) is 0 Å². The van der Waals surface area contributed by atoms with E-state index >= 15 is 0 Å². The Labute approximate surface area is 80.2 Å². The van der Waals surface area contributed by atoms with Crippen LogP contribution in [0.2, 0.25) is 0 Å². The van der Waals surface area contributed by atoms with Crippen LogP contribution in [-0.2, 0) is 17.4 Å². The van der Waals surface area contributed by atoms with Crippen LogP contribution in [0.15, 0.2) is 0 Å². The average Bonchev–Trinajstić information content (AvgIpc) is 1.90. The van der Waals surface area contributed by atoms with E-state index in [1.54, 1.807) is 0 Å². The maximum Gasteiger partial charge on any atom is 0.0126 e. The molecule has 1 rings (SSSR count). The molecule has 11 heavy (non-hydrogen) atoms. The summed E-state index contributed by atoms with van der Waals surface area (Å²) in [6, 6.07) is 0. The van der Waals surface area contributed by atoms with Crippen molar-refractivity contribution >= 4 is 0 Å². The summed E-state index contributed by atoms with van der Waals surface area (Å²) >= 11 is 0. The summed E-state index contributed by atoms with van der Waals surface area (Å²) in [4.78, 5) is 0. The van der Waals surface area contributed by atoms with Crippen molar-refractivity contribution in [3.63, 3.8) is 0 Å². The third-order valence-electron chi connectivity index (χ3n) is 1.86. The minimum absolute atomic E-state index is 0. The van der Waals surface area contributed by atoms with Crippen molar-refractivity contribution in [2.24, 2.45) is 5.41 Å². The molecule has 1 aliphatic heterocycles. The van der Waals surface area contributed by atoms with Gasteiger partial charge in [0.05, 0.1) is 0 Å². The molecule has 1 saturated heterocycles. The van der Waals surface area contributed by atoms with E-state index in [2.05, 4.69) is 31.6 Å². The van der Waals surface area contributed by atoms with Gasteiger partial charge in [-0.15, -0.1) is 6.54 Å². The smallest absolute Gasteiger partial charge is 0.0126 e. The van der Waals surface area contributed by atoms with Gasteiger partial charge in [-0.25, -0.2) is 0 Å². The third-order valence-corrected chi connectivity index (χ3v) is 1.86. The number of rotatable bonds is 0. The molecule has 0 aromatic carbocycles. The van der Waals surface area contributed by atoms with Crippen molar-refractivity contribution < 1.29 is 17.4 Å². The molecule has 0 aliphatic carbocycles. The Morgan fingerprint density at radius 2 is 1.91 bits per heavy atom. The van der Waals surface area contributed by atoms with E-state index in [4.69, 9.17) is 0 Å². The summed E-state index contributed by atoms with van der Waals surface area (Å²) in [5, 5.41) is 0. The van der Waals surface area contributed by atoms with Crippen molar-refractivity contribution in [1.82, 2.24) is 10.9 Å². The second-order valence-electron chi connectivity index (χ2n) is 4.01. The summed E-state index contributed by atoms with van der Waals surface area (Å²) in [6.07, 6.45) is 1.23. The number of hydrazine groups is 1. The zero-order valence-corrected chi connectivity index (χ0v) is 8.80. The predicted molar refractivity (Wildman–Crippen MR) is 43.3 cm³/mol. The van der Waals surface area contributed by atoms with Crippen LogP contribution in [0, 0.1) is 11.3 Å². The van der Waals surface area contributed by atoms with Gasteiger partial charge in [0.25, 0.3) is 0 Å². The molecule has 0 spiro atoms. The van der Waals surface area contributed by atoms with Crippen LogP contribution in [0.3, 0.4) is 0 Å². The summed E-state index contributed by atoms with van der Waals surface area (Å²) < 4.78 is 0. The molecule has 66 valence electrons. The second kappa shape index (κ2) is 4.47. The molecule has 2 N–H and O–H groups in total. The molecule has 0 radical (unpaired) electrons. The van der Waals surface area contributed by atoms with Crippen molar-refractivity contribution in [3.05, 3.63) is 5.92 Å². The van der Waals surface area contributed by atoms with Crippen LogP contribution in [0.25, 0.3) is 0 Å². The summed E-state index contributed by atoms with van der Waals surface area (Å²) in [7, 11) is 0. The van der Waals surface area contributed by atoms with Crippen LogP contribution >= 0.6 is 0 Å². The Bertz CT molecular complexity index is 115. The first-order valence-electron chi connectivity index (χ1n) is 3.87. The molecule has 0 unspecified atom stereocenters. The van der Waals surface area contributed by atoms with Gasteiger partial charge >= 0.3 is 0 Å². The van der Waals surface area contributed by atoms with E-state index in [1.165, 1.54) is 12.3 Å². The van der Waals surface area contributed by atoms with Crippen LogP contribution in [-0.4, -0.2) is 13.1 Å². The summed E-state index contributed by atoms with van der Waals surface area (Å²) in [5.41, 5.74) is 6.79. The van der Waals surface area contributed by atoms with Gasteiger partial charge in [0.15, 0.2) is 0 Å². The van der Waals surface area contributed by atoms with Crippen molar-refractivity contribution in [1.29, 1.82) is 0 Å². The summed E-state index contributed by atoms with van der Waals surface area (Å²) in [5.74, 6) is 1.54. The Morgan fingerprint density at radius 3 is 2.55 bits per heavy atom. The standard InChI is InChI=1S/C8H17N2.Cr/c1-7-4-8(2,3)6-10-9-5-7;/h9-10H,4-6H2,1-3H3;/q-1;. The fourth-order valence-corrected chi connectivity index (χ4v) is 1.46. The number of hydrogen-bond donors (Lipinski definition) is 2. The quantitative estimate of drug-likeness (QED) is 0.563. The molecule has 3 heteroatoms. The molecule has 1 heterocycles. The van der Waals surface area contributed by atoms with Crippen LogP contribution in [0.1, 0.15) is 27.2 Å². The molecule has 1 fully saturated rings. The molecule has 2 nitrogen and oxygen atoms in total. The maximum absolute atomic E-state index is 3.20. The topological polar surface area (TPSA) is 24.1 Å². The third kappa shape index (κ3) is 4.13. The van der Waals surface area contributed by atoms with Crippen molar-refractivity contribution in [2.75, 3.05) is 13.1 Å². The number of hydrogen-bond acceptors (Lipinski definition) is 2. The van der Waals surface area contributed by atoms with Gasteiger partial charge < -0.3 is 5.92 Å². The van der Waals surface area contributed by atoms with E-state index in [1.807, 2.05) is 0 Å². The molecule has 0 bridgehead atoms. The SMILES string of the molecule is C[C-]1CNNCC(C)(C)C1.[Cr]. The number of nitrogens with one attached hydrogen (secondary N) is 2. The second-order valence-corrected chi connectivity index (χ2v) is 4.01. The van der Waals surface area contributed by atoms with Gasteiger partial charge in [0.1, 0.15) is 0 Å². The van der Waals surface area contributed by atoms with Crippen molar-refractivity contribution in [2.45, 2.75) is 27.2 Å². The minimum Gasteiger partial charge on any atom is -0.301 e. The van der Waals surface area contributed by atoms with E-state index in [0.29, 0.717) is 5.41 Å². The normalized spacial score (nSPS) is 25.4. The summed E-state index contributed by atoms with van der Waals surface area (Å²) in [6.45, 7) is 8.86. The molecule has 0 atom stereocenters. The Balaban J connectivity index is 0.000001000. The van der Waals surface area contributed by atoms with Gasteiger partial charge in [-0.1, -0.05) is 13.8 Å². The average molecular weight is 193 g/mol. The van der Waals surface area contributed by atoms with Crippen LogP contribution in [0.5, 0.6) is 0 Å². The monoisotopic (exact) mass is 193 g/mol. The Hall–Kier alpha value is 0.452. The van der Waals surface area contributed by atoms with Gasteiger partial charge in [-0.05, 0) is 5.41 Å². The first-order chi connectivity index (χ1) is 4.60. The zero-order chi connectivity index (χ0) is 7.61. The Kier molecular flexibility index (Phi) is 4.66. The van der Waals surface area contributed by atoms with Gasteiger partial charge in [-0.2, -0.15) is 13.3 Å². The van der Waals surface area contributed by atoms with E-state index in [9.17, 15) is 0 Å². The van der Waals surface area contributed by atoms with Gasteiger partial charge in [0, 0.05) is 23.9 Å². The van der Waals surface area contributed by atoms with Gasteiger partial charge in [0.2, 0.25) is 0 Å². The predicted octanol–water partition coefficient (Wildman–Crippen LogP) is 1.10. The van der Waals surface area contributed by atoms with Crippen LogP contribution in [0.4, 0.5) is 0 Å². The Morgan fingerprint density at radius 1 is 1.27 bits per heavy atom. The van der Waals surface area contributed by atoms with E-state index in [-0.39, 0.29) is 17.4 Å². The maximum atomic E-state index is 3.20. The molecule has 0 amide bonds. The zero-order valence-electron chi connectivity index (χ0n) is 7.53. The van der Waals surface area contributed by atoms with E-state index in [0.717, 1.165) is 13.1 Å². The first kappa shape index (κ1) is 11.5. The van der Waals surface area contributed by atoms with Crippen LogP contribution < -0.4 is 10.9 Å². The molecular formula is C8H17CrN2-. The first-order valence-corrected chi connectivity index (χ1v) is 3.87. The molecule has 1 aliphatic rings. The molecule has 0 aromatic heterocycles. The van der Waals surface area contributed by atoms with E-state index < -0.39 is 0 Å². The van der Waals surface area contributed by atoms with Gasteiger partial charge in [-0.3, -0.25) is 10.9 Å². The fraction of sp³-hybridized carbons (Fsp3) is 0.875. The largest absolute Gasteiger partial charge is 0.301 e. The minimum atomic E-state index is 0. The molecular weight excluding hydrogens is 176 g/mol. The fourth-order valence-electron chi connectivity index (χ4n) is 1.46. The molecule has 0 saturated carbocycles. The molecule has 0 aromatic rings.